The normalized spacial score (nSPS) is 10.6. The van der Waals surface area contributed by atoms with E-state index in [1.807, 2.05) is 30.5 Å². The number of rotatable bonds is 6. The van der Waals surface area contributed by atoms with Gasteiger partial charge in [0.25, 0.3) is 0 Å². The number of likely N-dealkylation sites (N-methyl/N-ethyl adjacent to an activating group) is 1. The highest BCUT2D eigenvalue weighted by Crippen LogP contribution is 2.31. The number of amides is 1. The summed E-state index contributed by atoms with van der Waals surface area (Å²) < 4.78 is 16.1. The van der Waals surface area contributed by atoms with Gasteiger partial charge in [-0.25, -0.2) is 4.98 Å². The molecule has 3 aromatic rings. The Hall–Kier alpha value is -2.80. The maximum absolute atomic E-state index is 12.6. The van der Waals surface area contributed by atoms with Crippen LogP contribution in [0.1, 0.15) is 11.5 Å². The topological polar surface area (TPSA) is 64.8 Å². The number of ether oxygens (including phenoxy) is 2. The zero-order valence-corrected chi connectivity index (χ0v) is 15.9. The molecule has 0 saturated carbocycles. The number of thiazole rings is 1. The number of hydrogen-bond donors (Lipinski definition) is 0. The van der Waals surface area contributed by atoms with Crippen molar-refractivity contribution in [1.82, 2.24) is 4.98 Å². The van der Waals surface area contributed by atoms with Gasteiger partial charge in [0.1, 0.15) is 5.76 Å². The van der Waals surface area contributed by atoms with Gasteiger partial charge in [0.2, 0.25) is 5.91 Å². The average molecular weight is 372 g/mol. The van der Waals surface area contributed by atoms with E-state index in [9.17, 15) is 4.79 Å². The van der Waals surface area contributed by atoms with Gasteiger partial charge < -0.3 is 18.8 Å². The predicted octanol–water partition coefficient (Wildman–Crippen LogP) is 3.93. The molecule has 0 spiro atoms. The molecular weight excluding hydrogens is 352 g/mol. The Bertz CT molecular complexity index is 916. The molecule has 1 amide bonds. The number of furan rings is 1. The fourth-order valence-electron chi connectivity index (χ4n) is 2.50. The monoisotopic (exact) mass is 372 g/mol. The van der Waals surface area contributed by atoms with Crippen LogP contribution in [0.25, 0.3) is 10.8 Å². The highest BCUT2D eigenvalue weighted by Gasteiger charge is 2.17. The second-order valence-electron chi connectivity index (χ2n) is 5.72. The lowest BCUT2D eigenvalue weighted by atomic mass is 10.2. The number of aryl methyl sites for hydroxylation is 1. The Balaban J connectivity index is 1.72. The van der Waals surface area contributed by atoms with Crippen LogP contribution in [0.2, 0.25) is 0 Å². The van der Waals surface area contributed by atoms with Crippen LogP contribution in [0.3, 0.4) is 0 Å². The smallest absolute Gasteiger partial charge is 0.232 e. The summed E-state index contributed by atoms with van der Waals surface area (Å²) in [5.74, 6) is 2.69. The maximum Gasteiger partial charge on any atom is 0.232 e. The summed E-state index contributed by atoms with van der Waals surface area (Å²) in [6.07, 6.45) is 0.209. The fourth-order valence-corrected chi connectivity index (χ4v) is 3.28. The number of anilines is 1. The van der Waals surface area contributed by atoms with E-state index in [-0.39, 0.29) is 12.3 Å². The summed E-state index contributed by atoms with van der Waals surface area (Å²) in [6.45, 7) is 1.89. The molecule has 0 aliphatic heterocycles. The van der Waals surface area contributed by atoms with Gasteiger partial charge in [0, 0.05) is 24.2 Å². The molecule has 0 bridgehead atoms. The third kappa shape index (κ3) is 3.72. The van der Waals surface area contributed by atoms with Crippen molar-refractivity contribution in [1.29, 1.82) is 0 Å². The number of methoxy groups -OCH3 is 2. The Labute approximate surface area is 156 Å². The molecule has 0 atom stereocenters. The average Bonchev–Trinajstić information content (AvgIpc) is 3.29. The molecule has 1 aromatic carbocycles. The van der Waals surface area contributed by atoms with Crippen LogP contribution in [0, 0.1) is 6.92 Å². The molecule has 0 fully saturated rings. The molecule has 0 aliphatic carbocycles. The zero-order chi connectivity index (χ0) is 18.7. The summed E-state index contributed by atoms with van der Waals surface area (Å²) in [4.78, 5) is 18.7. The second kappa shape index (κ2) is 7.61. The number of hydrogen-bond acceptors (Lipinski definition) is 6. The number of carbonyl (C=O) groups is 1. The van der Waals surface area contributed by atoms with Gasteiger partial charge >= 0.3 is 0 Å². The lowest BCUT2D eigenvalue weighted by Gasteiger charge is -2.18. The van der Waals surface area contributed by atoms with Gasteiger partial charge in [-0.1, -0.05) is 0 Å². The van der Waals surface area contributed by atoms with E-state index in [1.54, 1.807) is 38.3 Å². The summed E-state index contributed by atoms with van der Waals surface area (Å²) in [7, 11) is 4.87. The Morgan fingerprint density at radius 1 is 1.19 bits per heavy atom. The molecule has 0 aliphatic rings. The first kappa shape index (κ1) is 18.0. The second-order valence-corrected chi connectivity index (χ2v) is 6.58. The first-order chi connectivity index (χ1) is 12.5. The molecule has 2 heterocycles. The van der Waals surface area contributed by atoms with E-state index in [4.69, 9.17) is 13.9 Å². The van der Waals surface area contributed by atoms with Gasteiger partial charge in [-0.15, -0.1) is 11.3 Å². The molecule has 26 heavy (non-hydrogen) atoms. The van der Waals surface area contributed by atoms with Crippen molar-refractivity contribution in [2.75, 3.05) is 26.2 Å². The van der Waals surface area contributed by atoms with Crippen molar-refractivity contribution in [3.05, 3.63) is 47.2 Å². The van der Waals surface area contributed by atoms with Crippen LogP contribution >= 0.6 is 11.3 Å². The van der Waals surface area contributed by atoms with Crippen molar-refractivity contribution >= 4 is 22.9 Å². The standard InChI is InChI=1S/C19H20N2O4S/c1-12-5-7-16(25-12)19-20-13(11-26-19)9-18(22)21(2)14-6-8-15(23-3)17(10-14)24-4/h5-8,10-11H,9H2,1-4H3. The van der Waals surface area contributed by atoms with E-state index in [0.717, 1.165) is 27.9 Å². The van der Waals surface area contributed by atoms with E-state index >= 15 is 0 Å². The Morgan fingerprint density at radius 3 is 2.62 bits per heavy atom. The SMILES string of the molecule is COc1ccc(N(C)C(=O)Cc2csc(-c3ccc(C)o3)n2)cc1OC. The molecule has 0 N–H and O–H groups in total. The minimum atomic E-state index is -0.0651. The minimum Gasteiger partial charge on any atom is -0.493 e. The largest absolute Gasteiger partial charge is 0.493 e. The van der Waals surface area contributed by atoms with Gasteiger partial charge in [0.15, 0.2) is 22.3 Å². The van der Waals surface area contributed by atoms with Crippen LogP contribution in [-0.2, 0) is 11.2 Å². The third-order valence-electron chi connectivity index (χ3n) is 3.96. The summed E-state index contributed by atoms with van der Waals surface area (Å²) >= 11 is 1.46. The van der Waals surface area contributed by atoms with Crippen LogP contribution in [0.15, 0.2) is 40.1 Å². The fraction of sp³-hybridized carbons (Fsp3) is 0.263. The van der Waals surface area contributed by atoms with Crippen molar-refractivity contribution in [2.45, 2.75) is 13.3 Å². The van der Waals surface area contributed by atoms with Crippen molar-refractivity contribution in [3.8, 4) is 22.3 Å². The Kier molecular flexibility index (Phi) is 5.27. The van der Waals surface area contributed by atoms with Crippen LogP contribution in [0.5, 0.6) is 11.5 Å². The molecule has 7 heteroatoms. The number of nitrogens with zero attached hydrogens (tertiary/aromatic N) is 2. The van der Waals surface area contributed by atoms with E-state index in [2.05, 4.69) is 4.98 Å². The molecule has 3 rings (SSSR count). The number of benzene rings is 1. The van der Waals surface area contributed by atoms with Gasteiger partial charge in [-0.05, 0) is 31.2 Å². The van der Waals surface area contributed by atoms with Crippen LogP contribution < -0.4 is 14.4 Å². The summed E-state index contributed by atoms with van der Waals surface area (Å²) in [6, 6.07) is 9.15. The van der Waals surface area contributed by atoms with Gasteiger partial charge in [0.05, 0.1) is 26.3 Å². The number of aromatic nitrogens is 1. The third-order valence-corrected chi connectivity index (χ3v) is 4.87. The molecule has 0 unspecified atom stereocenters. The molecular formula is C19H20N2O4S. The molecule has 136 valence electrons. The highest BCUT2D eigenvalue weighted by molar-refractivity contribution is 7.13. The van der Waals surface area contributed by atoms with Crippen molar-refractivity contribution in [2.24, 2.45) is 0 Å². The van der Waals surface area contributed by atoms with E-state index in [1.165, 1.54) is 11.3 Å². The lowest BCUT2D eigenvalue weighted by molar-refractivity contribution is -0.117. The highest BCUT2D eigenvalue weighted by atomic mass is 32.1. The minimum absolute atomic E-state index is 0.0651. The summed E-state index contributed by atoms with van der Waals surface area (Å²) in [5.41, 5.74) is 1.45. The maximum atomic E-state index is 12.6. The van der Waals surface area contributed by atoms with E-state index in [0.29, 0.717) is 11.5 Å². The first-order valence-electron chi connectivity index (χ1n) is 8.01. The zero-order valence-electron chi connectivity index (χ0n) is 15.1. The summed E-state index contributed by atoms with van der Waals surface area (Å²) in [5, 5.41) is 2.66. The molecule has 6 nitrogen and oxygen atoms in total. The van der Waals surface area contributed by atoms with Gasteiger partial charge in [-0.2, -0.15) is 0 Å². The first-order valence-corrected chi connectivity index (χ1v) is 8.89. The number of carbonyl (C=O) groups excluding carboxylic acids is 1. The van der Waals surface area contributed by atoms with Crippen molar-refractivity contribution in [3.63, 3.8) is 0 Å². The lowest BCUT2D eigenvalue weighted by Crippen LogP contribution is -2.27. The molecule has 0 radical (unpaired) electrons. The van der Waals surface area contributed by atoms with Crippen molar-refractivity contribution < 1.29 is 18.7 Å². The molecule has 2 aromatic heterocycles. The van der Waals surface area contributed by atoms with Gasteiger partial charge in [-0.3, -0.25) is 4.79 Å². The quantitative estimate of drug-likeness (QED) is 0.656. The van der Waals surface area contributed by atoms with Crippen LogP contribution in [-0.4, -0.2) is 32.2 Å². The predicted molar refractivity (Wildman–Crippen MR) is 101 cm³/mol. The molecule has 0 saturated heterocycles. The van der Waals surface area contributed by atoms with E-state index < -0.39 is 0 Å². The Morgan fingerprint density at radius 2 is 1.96 bits per heavy atom. The van der Waals surface area contributed by atoms with Crippen LogP contribution in [0.4, 0.5) is 5.69 Å².